The zero-order chi connectivity index (χ0) is 19.6. The Morgan fingerprint density at radius 1 is 1.30 bits per heavy atom. The minimum atomic E-state index is -1.75. The highest BCUT2D eigenvalue weighted by Crippen LogP contribution is 2.37. The smallest absolute Gasteiger partial charge is 0.282 e. The van der Waals surface area contributed by atoms with E-state index < -0.39 is 17.4 Å². The minimum Gasteiger partial charge on any atom is -0.497 e. The number of aromatic nitrogens is 1. The van der Waals surface area contributed by atoms with Crippen LogP contribution in [0.3, 0.4) is 0 Å². The van der Waals surface area contributed by atoms with E-state index in [-0.39, 0.29) is 0 Å². The third kappa shape index (κ3) is 3.14. The molecule has 0 bridgehead atoms. The number of benzene rings is 1. The molecule has 1 aromatic carbocycles. The summed E-state index contributed by atoms with van der Waals surface area (Å²) in [5.41, 5.74) is -1.38. The summed E-state index contributed by atoms with van der Waals surface area (Å²) in [4.78, 5) is 31.7. The molecule has 1 aromatic heterocycles. The summed E-state index contributed by atoms with van der Waals surface area (Å²) in [6.07, 6.45) is 1.57. The molecule has 0 saturated heterocycles. The fourth-order valence-electron chi connectivity index (χ4n) is 2.87. The van der Waals surface area contributed by atoms with E-state index >= 15 is 0 Å². The Bertz CT molecular complexity index is 885. The number of hydrogen-bond donors (Lipinski definition) is 1. The first-order chi connectivity index (χ1) is 12.9. The molecule has 8 heteroatoms. The Labute approximate surface area is 157 Å². The van der Waals surface area contributed by atoms with Crippen LogP contribution in [-0.2, 0) is 9.59 Å². The van der Waals surface area contributed by atoms with Crippen molar-refractivity contribution in [2.24, 2.45) is 0 Å². The summed E-state index contributed by atoms with van der Waals surface area (Å²) < 4.78 is 16.3. The highest BCUT2D eigenvalue weighted by Gasteiger charge is 2.51. The first-order valence-corrected chi connectivity index (χ1v) is 8.44. The number of rotatable bonds is 5. The van der Waals surface area contributed by atoms with Gasteiger partial charge in [-0.05, 0) is 38.1 Å². The van der Waals surface area contributed by atoms with Gasteiger partial charge < -0.3 is 19.5 Å². The molecular weight excluding hydrogens is 350 g/mol. The summed E-state index contributed by atoms with van der Waals surface area (Å²) in [6, 6.07) is 8.35. The first-order valence-electron chi connectivity index (χ1n) is 8.44. The molecule has 8 nitrogen and oxygen atoms in total. The van der Waals surface area contributed by atoms with E-state index in [1.54, 1.807) is 36.5 Å². The lowest BCUT2D eigenvalue weighted by molar-refractivity contribution is -0.145. The van der Waals surface area contributed by atoms with Gasteiger partial charge in [0.15, 0.2) is 11.6 Å². The molecular formula is C19H21N3O5. The zero-order valence-electron chi connectivity index (χ0n) is 15.6. The Hall–Kier alpha value is -3.29. The number of hydrogen-bond acceptors (Lipinski definition) is 6. The molecule has 2 aromatic rings. The van der Waals surface area contributed by atoms with Gasteiger partial charge >= 0.3 is 0 Å². The highest BCUT2D eigenvalue weighted by atomic mass is 16.5. The molecule has 0 spiro atoms. The lowest BCUT2D eigenvalue weighted by atomic mass is 10.0. The number of nitrogens with one attached hydrogen (secondary N) is 1. The molecule has 2 amide bonds. The second kappa shape index (κ2) is 7.14. The largest absolute Gasteiger partial charge is 0.497 e. The van der Waals surface area contributed by atoms with Gasteiger partial charge in [0.2, 0.25) is 0 Å². The molecule has 142 valence electrons. The van der Waals surface area contributed by atoms with E-state index in [9.17, 15) is 9.59 Å². The van der Waals surface area contributed by atoms with Crippen LogP contribution in [0.5, 0.6) is 17.2 Å². The number of nitrogens with zero attached hydrogens (tertiary/aromatic N) is 2. The van der Waals surface area contributed by atoms with Crippen LogP contribution in [0.2, 0.25) is 0 Å². The number of pyridine rings is 1. The summed E-state index contributed by atoms with van der Waals surface area (Å²) in [6.45, 7) is 3.61. The average Bonchev–Trinajstić information content (AvgIpc) is 2.68. The van der Waals surface area contributed by atoms with Crippen molar-refractivity contribution in [1.29, 1.82) is 0 Å². The average molecular weight is 371 g/mol. The van der Waals surface area contributed by atoms with Crippen molar-refractivity contribution in [3.8, 4) is 17.2 Å². The van der Waals surface area contributed by atoms with E-state index in [2.05, 4.69) is 10.3 Å². The van der Waals surface area contributed by atoms with Gasteiger partial charge in [0.25, 0.3) is 17.4 Å². The van der Waals surface area contributed by atoms with E-state index in [4.69, 9.17) is 14.2 Å². The van der Waals surface area contributed by atoms with Crippen LogP contribution in [-0.4, -0.2) is 43.2 Å². The monoisotopic (exact) mass is 371 g/mol. The topological polar surface area (TPSA) is 90.0 Å². The molecule has 1 aliphatic rings. The van der Waals surface area contributed by atoms with Gasteiger partial charge in [0, 0.05) is 18.8 Å². The van der Waals surface area contributed by atoms with E-state index in [1.165, 1.54) is 26.0 Å². The maximum Gasteiger partial charge on any atom is 0.282 e. The van der Waals surface area contributed by atoms with Crippen LogP contribution in [0.1, 0.15) is 13.8 Å². The van der Waals surface area contributed by atoms with E-state index in [0.717, 1.165) is 0 Å². The van der Waals surface area contributed by atoms with Crippen LogP contribution in [0.4, 0.5) is 11.5 Å². The Morgan fingerprint density at radius 2 is 2.07 bits per heavy atom. The maximum atomic E-state index is 13.0. The van der Waals surface area contributed by atoms with E-state index in [0.29, 0.717) is 35.3 Å². The standard InChI is InChI=1S/C19H21N3O5/c1-5-22-16-15(7-6-10-20-16)27-19(2,18(22)24)17(23)21-13-11-12(25-3)8-9-14(13)26-4/h6-11H,5H2,1-4H3,(H,21,23)/t19-/m1/s1. The number of amides is 2. The van der Waals surface area contributed by atoms with Crippen molar-refractivity contribution >= 4 is 23.3 Å². The molecule has 0 saturated carbocycles. The van der Waals surface area contributed by atoms with Crippen LogP contribution in [0.15, 0.2) is 36.5 Å². The van der Waals surface area contributed by atoms with Crippen LogP contribution < -0.4 is 24.4 Å². The maximum absolute atomic E-state index is 13.0. The predicted molar refractivity (Wildman–Crippen MR) is 99.5 cm³/mol. The lowest BCUT2D eigenvalue weighted by Gasteiger charge is -2.38. The third-order valence-electron chi connectivity index (χ3n) is 4.38. The number of fused-ring (bicyclic) bond motifs is 1. The molecule has 1 atom stereocenters. The second-order valence-electron chi connectivity index (χ2n) is 6.03. The van der Waals surface area contributed by atoms with Crippen molar-refractivity contribution in [3.63, 3.8) is 0 Å². The number of carbonyl (C=O) groups is 2. The molecule has 2 heterocycles. The fourth-order valence-corrected chi connectivity index (χ4v) is 2.87. The van der Waals surface area contributed by atoms with Gasteiger partial charge in [-0.15, -0.1) is 0 Å². The number of likely N-dealkylation sites (N-methyl/N-ethyl adjacent to an activating group) is 1. The fraction of sp³-hybridized carbons (Fsp3) is 0.316. The van der Waals surface area contributed by atoms with Crippen LogP contribution in [0.25, 0.3) is 0 Å². The Morgan fingerprint density at radius 3 is 2.74 bits per heavy atom. The van der Waals surface area contributed by atoms with E-state index in [1.807, 2.05) is 6.92 Å². The number of carbonyl (C=O) groups excluding carboxylic acids is 2. The molecule has 0 radical (unpaired) electrons. The lowest BCUT2D eigenvalue weighted by Crippen LogP contribution is -2.60. The molecule has 3 rings (SSSR count). The summed E-state index contributed by atoms with van der Waals surface area (Å²) in [5.74, 6) is 0.633. The SMILES string of the molecule is CCN1C(=O)[C@@](C)(C(=O)Nc2cc(OC)ccc2OC)Oc2cccnc21. The van der Waals surface area contributed by atoms with Crippen molar-refractivity contribution < 1.29 is 23.8 Å². The highest BCUT2D eigenvalue weighted by molar-refractivity contribution is 6.19. The van der Waals surface area contributed by atoms with Gasteiger partial charge in [-0.2, -0.15) is 0 Å². The quantitative estimate of drug-likeness (QED) is 0.811. The van der Waals surface area contributed by atoms with Crippen LogP contribution in [0, 0.1) is 0 Å². The minimum absolute atomic E-state index is 0.359. The summed E-state index contributed by atoms with van der Waals surface area (Å²) >= 11 is 0. The number of ether oxygens (including phenoxy) is 3. The van der Waals surface area contributed by atoms with Gasteiger partial charge in [-0.3, -0.25) is 14.5 Å². The van der Waals surface area contributed by atoms with Crippen molar-refractivity contribution in [2.75, 3.05) is 31.0 Å². The van der Waals surface area contributed by atoms with Gasteiger partial charge in [0.05, 0.1) is 19.9 Å². The number of methoxy groups -OCH3 is 2. The van der Waals surface area contributed by atoms with Crippen molar-refractivity contribution in [3.05, 3.63) is 36.5 Å². The molecule has 0 unspecified atom stereocenters. The van der Waals surface area contributed by atoms with Gasteiger partial charge in [0.1, 0.15) is 11.5 Å². The molecule has 1 N–H and O–H groups in total. The van der Waals surface area contributed by atoms with Crippen molar-refractivity contribution in [1.82, 2.24) is 4.98 Å². The van der Waals surface area contributed by atoms with Gasteiger partial charge in [-0.1, -0.05) is 0 Å². The molecule has 0 fully saturated rings. The zero-order valence-corrected chi connectivity index (χ0v) is 15.6. The Balaban J connectivity index is 1.96. The second-order valence-corrected chi connectivity index (χ2v) is 6.03. The third-order valence-corrected chi connectivity index (χ3v) is 4.38. The molecule has 1 aliphatic heterocycles. The normalized spacial score (nSPS) is 18.4. The van der Waals surface area contributed by atoms with Crippen molar-refractivity contribution in [2.45, 2.75) is 19.4 Å². The summed E-state index contributed by atoms with van der Waals surface area (Å²) in [5, 5.41) is 2.72. The Kier molecular flexibility index (Phi) is 4.89. The van der Waals surface area contributed by atoms with Gasteiger partial charge in [-0.25, -0.2) is 4.98 Å². The summed E-state index contributed by atoms with van der Waals surface area (Å²) in [7, 11) is 3.01. The molecule has 27 heavy (non-hydrogen) atoms. The first kappa shape index (κ1) is 18.5. The van der Waals surface area contributed by atoms with Crippen LogP contribution >= 0.6 is 0 Å². The number of anilines is 2. The predicted octanol–water partition coefficient (Wildman–Crippen LogP) is 2.24. The molecule has 0 aliphatic carbocycles.